The van der Waals surface area contributed by atoms with E-state index in [0.29, 0.717) is 13.0 Å². The quantitative estimate of drug-likeness (QED) is 0.849. The third-order valence-electron chi connectivity index (χ3n) is 4.60. The highest BCUT2D eigenvalue weighted by atomic mass is 35.5. The van der Waals surface area contributed by atoms with E-state index in [2.05, 4.69) is 28.2 Å². The van der Waals surface area contributed by atoms with Gasteiger partial charge in [-0.05, 0) is 25.0 Å². The molecular formula is C17H28Cl2N4O2. The molecule has 0 aromatic carbocycles. The maximum atomic E-state index is 12.5. The predicted molar refractivity (Wildman–Crippen MR) is 104 cm³/mol. The highest BCUT2D eigenvalue weighted by molar-refractivity contribution is 5.85. The Morgan fingerprint density at radius 1 is 1.32 bits per heavy atom. The van der Waals surface area contributed by atoms with Crippen molar-refractivity contribution < 1.29 is 9.53 Å². The first-order valence-electron chi connectivity index (χ1n) is 8.48. The lowest BCUT2D eigenvalue weighted by atomic mass is 10.1. The number of amides is 1. The molecule has 0 aliphatic carbocycles. The van der Waals surface area contributed by atoms with Crippen molar-refractivity contribution in [2.75, 3.05) is 50.8 Å². The van der Waals surface area contributed by atoms with Gasteiger partial charge in [-0.2, -0.15) is 0 Å². The maximum Gasteiger partial charge on any atom is 0.224 e. The molecule has 2 fully saturated rings. The molecule has 8 heteroatoms. The number of hydrogen-bond acceptors (Lipinski definition) is 5. The zero-order valence-corrected chi connectivity index (χ0v) is 16.3. The molecule has 1 aromatic rings. The van der Waals surface area contributed by atoms with Gasteiger partial charge in [0.2, 0.25) is 5.91 Å². The van der Waals surface area contributed by atoms with Gasteiger partial charge in [0.15, 0.2) is 0 Å². The van der Waals surface area contributed by atoms with Gasteiger partial charge in [0.25, 0.3) is 0 Å². The number of nitrogens with zero attached hydrogens (tertiary/aromatic N) is 3. The molecule has 1 N–H and O–H groups in total. The molecule has 3 heterocycles. The predicted octanol–water partition coefficient (Wildman–Crippen LogP) is 1.65. The molecule has 142 valence electrons. The molecule has 0 bridgehead atoms. The van der Waals surface area contributed by atoms with E-state index in [4.69, 9.17) is 4.74 Å². The van der Waals surface area contributed by atoms with Crippen molar-refractivity contribution >= 4 is 36.4 Å². The standard InChI is InChI=1S/C17H26N4O2.2ClH/c1-14-12-18-4-3-16(14)20-6-2-7-21(9-8-20)17(22)11-15-13-23-10-5-19-15;;/h3-4,12,15,19H,2,5-11,13H2,1H3;2*1H. The van der Waals surface area contributed by atoms with Crippen molar-refractivity contribution in [2.45, 2.75) is 25.8 Å². The van der Waals surface area contributed by atoms with Crippen LogP contribution in [-0.2, 0) is 9.53 Å². The Balaban J connectivity index is 0.00000156. The second-order valence-corrected chi connectivity index (χ2v) is 6.31. The second-order valence-electron chi connectivity index (χ2n) is 6.31. The summed E-state index contributed by atoms with van der Waals surface area (Å²) in [6.45, 7) is 7.81. The Labute approximate surface area is 162 Å². The Hall–Kier alpha value is -1.08. The maximum absolute atomic E-state index is 12.5. The van der Waals surface area contributed by atoms with Gasteiger partial charge in [0.05, 0.1) is 13.2 Å². The van der Waals surface area contributed by atoms with Crippen LogP contribution in [0.25, 0.3) is 0 Å². The third-order valence-corrected chi connectivity index (χ3v) is 4.60. The lowest BCUT2D eigenvalue weighted by molar-refractivity contribution is -0.132. The highest BCUT2D eigenvalue weighted by Crippen LogP contribution is 2.20. The number of hydrogen-bond donors (Lipinski definition) is 1. The Morgan fingerprint density at radius 2 is 2.16 bits per heavy atom. The summed E-state index contributed by atoms with van der Waals surface area (Å²) in [5.41, 5.74) is 2.42. The van der Waals surface area contributed by atoms with E-state index in [9.17, 15) is 4.79 Å². The zero-order valence-electron chi connectivity index (χ0n) is 14.6. The molecule has 0 radical (unpaired) electrons. The molecule has 3 rings (SSSR count). The van der Waals surface area contributed by atoms with Crippen LogP contribution >= 0.6 is 24.8 Å². The number of aryl methyl sites for hydroxylation is 1. The van der Waals surface area contributed by atoms with Gasteiger partial charge in [0, 0.05) is 63.3 Å². The highest BCUT2D eigenvalue weighted by Gasteiger charge is 2.23. The minimum Gasteiger partial charge on any atom is -0.378 e. The van der Waals surface area contributed by atoms with E-state index in [1.165, 1.54) is 11.3 Å². The van der Waals surface area contributed by atoms with Crippen LogP contribution in [0.15, 0.2) is 18.5 Å². The summed E-state index contributed by atoms with van der Waals surface area (Å²) in [6.07, 6.45) is 5.28. The topological polar surface area (TPSA) is 57.7 Å². The number of anilines is 1. The molecule has 2 aliphatic rings. The van der Waals surface area contributed by atoms with Crippen LogP contribution < -0.4 is 10.2 Å². The summed E-state index contributed by atoms with van der Waals surface area (Å²) < 4.78 is 5.44. The Bertz CT molecular complexity index is 541. The van der Waals surface area contributed by atoms with Gasteiger partial charge in [-0.15, -0.1) is 24.8 Å². The minimum atomic E-state index is 0. The van der Waals surface area contributed by atoms with Gasteiger partial charge < -0.3 is 19.9 Å². The number of aromatic nitrogens is 1. The van der Waals surface area contributed by atoms with Crippen LogP contribution in [0.1, 0.15) is 18.4 Å². The number of nitrogens with one attached hydrogen (secondary N) is 1. The first kappa shape index (κ1) is 22.0. The molecule has 1 amide bonds. The molecule has 0 spiro atoms. The fourth-order valence-corrected chi connectivity index (χ4v) is 3.32. The second kappa shape index (κ2) is 10.8. The Morgan fingerprint density at radius 3 is 2.88 bits per heavy atom. The monoisotopic (exact) mass is 390 g/mol. The van der Waals surface area contributed by atoms with Crippen LogP contribution in [-0.4, -0.2) is 67.8 Å². The summed E-state index contributed by atoms with van der Waals surface area (Å²) in [5, 5.41) is 3.36. The number of carbonyl (C=O) groups excluding carboxylic acids is 1. The number of halogens is 2. The summed E-state index contributed by atoms with van der Waals surface area (Å²) >= 11 is 0. The lowest BCUT2D eigenvalue weighted by Crippen LogP contribution is -2.45. The van der Waals surface area contributed by atoms with Crippen molar-refractivity contribution in [1.29, 1.82) is 0 Å². The van der Waals surface area contributed by atoms with Crippen LogP contribution in [0.2, 0.25) is 0 Å². The average Bonchev–Trinajstić information content (AvgIpc) is 2.82. The van der Waals surface area contributed by atoms with E-state index in [1.54, 1.807) is 0 Å². The zero-order chi connectivity index (χ0) is 16.1. The van der Waals surface area contributed by atoms with Gasteiger partial charge in [-0.25, -0.2) is 0 Å². The van der Waals surface area contributed by atoms with Crippen molar-refractivity contribution in [3.05, 3.63) is 24.0 Å². The average molecular weight is 391 g/mol. The fourth-order valence-electron chi connectivity index (χ4n) is 3.32. The number of ether oxygens (including phenoxy) is 1. The molecule has 2 aliphatic heterocycles. The molecule has 1 unspecified atom stereocenters. The van der Waals surface area contributed by atoms with Crippen molar-refractivity contribution in [3.63, 3.8) is 0 Å². The number of carbonyl (C=O) groups is 1. The molecule has 2 saturated heterocycles. The SMILES string of the molecule is Cc1cnccc1N1CCCN(C(=O)CC2COCCN2)CC1.Cl.Cl. The van der Waals surface area contributed by atoms with Crippen LogP contribution in [0.5, 0.6) is 0 Å². The van der Waals surface area contributed by atoms with E-state index >= 15 is 0 Å². The fraction of sp³-hybridized carbons (Fsp3) is 0.647. The molecular weight excluding hydrogens is 363 g/mol. The van der Waals surface area contributed by atoms with E-state index in [1.807, 2.05) is 17.3 Å². The normalized spacial score (nSPS) is 20.9. The van der Waals surface area contributed by atoms with Gasteiger partial charge in [-0.3, -0.25) is 9.78 Å². The number of morpholine rings is 1. The number of rotatable bonds is 3. The largest absolute Gasteiger partial charge is 0.378 e. The van der Waals surface area contributed by atoms with Crippen molar-refractivity contribution in [3.8, 4) is 0 Å². The first-order chi connectivity index (χ1) is 11.2. The summed E-state index contributed by atoms with van der Waals surface area (Å²) in [4.78, 5) is 21.1. The molecule has 1 aromatic heterocycles. The van der Waals surface area contributed by atoms with Gasteiger partial charge in [0.1, 0.15) is 0 Å². The van der Waals surface area contributed by atoms with Crippen LogP contribution in [0.4, 0.5) is 5.69 Å². The van der Waals surface area contributed by atoms with Crippen LogP contribution in [0, 0.1) is 6.92 Å². The van der Waals surface area contributed by atoms with E-state index in [-0.39, 0.29) is 36.8 Å². The summed E-state index contributed by atoms with van der Waals surface area (Å²) in [7, 11) is 0. The van der Waals surface area contributed by atoms with E-state index in [0.717, 1.165) is 45.8 Å². The molecule has 0 saturated carbocycles. The van der Waals surface area contributed by atoms with Crippen LogP contribution in [0.3, 0.4) is 0 Å². The smallest absolute Gasteiger partial charge is 0.224 e. The van der Waals surface area contributed by atoms with Gasteiger partial charge >= 0.3 is 0 Å². The van der Waals surface area contributed by atoms with Gasteiger partial charge in [-0.1, -0.05) is 0 Å². The number of pyridine rings is 1. The minimum absolute atomic E-state index is 0. The van der Waals surface area contributed by atoms with Crippen molar-refractivity contribution in [2.24, 2.45) is 0 Å². The third kappa shape index (κ3) is 5.99. The first-order valence-corrected chi connectivity index (χ1v) is 8.48. The Kier molecular flexibility index (Phi) is 9.50. The lowest BCUT2D eigenvalue weighted by Gasteiger charge is -2.27. The summed E-state index contributed by atoms with van der Waals surface area (Å²) in [6, 6.07) is 2.23. The molecule has 1 atom stereocenters. The summed E-state index contributed by atoms with van der Waals surface area (Å²) in [5.74, 6) is 0.237. The molecule has 6 nitrogen and oxygen atoms in total. The van der Waals surface area contributed by atoms with Crippen molar-refractivity contribution in [1.82, 2.24) is 15.2 Å². The molecule has 25 heavy (non-hydrogen) atoms. The van der Waals surface area contributed by atoms with E-state index < -0.39 is 0 Å².